The van der Waals surface area contributed by atoms with Crippen LogP contribution in [0.4, 0.5) is 8.78 Å². The van der Waals surface area contributed by atoms with Crippen LogP contribution in [0.3, 0.4) is 0 Å². The normalized spacial score (nSPS) is 18.0. The predicted octanol–water partition coefficient (Wildman–Crippen LogP) is 3.62. The number of carbonyl (C=O) groups is 1. The van der Waals surface area contributed by atoms with E-state index in [4.69, 9.17) is 0 Å². The van der Waals surface area contributed by atoms with E-state index in [9.17, 15) is 22.0 Å². The minimum Gasteiger partial charge on any atom is -0.316 e. The maximum atomic E-state index is 13.7. The van der Waals surface area contributed by atoms with Crippen LogP contribution < -0.4 is 4.80 Å². The number of thioether (sulfide) groups is 1. The number of nitrogens with zero attached hydrogens (tertiary/aromatic N) is 3. The van der Waals surface area contributed by atoms with E-state index in [0.717, 1.165) is 27.7 Å². The largest absolute Gasteiger partial charge is 0.316 e. The molecule has 32 heavy (non-hydrogen) atoms. The van der Waals surface area contributed by atoms with Crippen LogP contribution in [-0.2, 0) is 21.4 Å². The molecule has 0 radical (unpaired) electrons. The SMILES string of the molecule is CSCCn1c(=NC(=O)C2CCCN2S(=O)(=O)c2ccc(F)cc2)sc2cc(F)ccc21. The number of carbonyl (C=O) groups excluding carboxylic acids is 1. The molecule has 0 spiro atoms. The van der Waals surface area contributed by atoms with E-state index in [-0.39, 0.29) is 17.3 Å². The minimum absolute atomic E-state index is 0.0639. The second-order valence-electron chi connectivity index (χ2n) is 7.32. The first-order chi connectivity index (χ1) is 15.3. The topological polar surface area (TPSA) is 71.7 Å². The highest BCUT2D eigenvalue weighted by Crippen LogP contribution is 2.27. The van der Waals surface area contributed by atoms with Crippen LogP contribution in [0.5, 0.6) is 0 Å². The van der Waals surface area contributed by atoms with Crippen molar-refractivity contribution in [2.24, 2.45) is 4.99 Å². The zero-order valence-electron chi connectivity index (χ0n) is 17.2. The number of sulfonamides is 1. The van der Waals surface area contributed by atoms with E-state index >= 15 is 0 Å². The van der Waals surface area contributed by atoms with Crippen molar-refractivity contribution in [3.05, 3.63) is 58.9 Å². The Morgan fingerprint density at radius 2 is 1.91 bits per heavy atom. The summed E-state index contributed by atoms with van der Waals surface area (Å²) in [5.41, 5.74) is 0.777. The maximum Gasteiger partial charge on any atom is 0.266 e. The first-order valence-electron chi connectivity index (χ1n) is 9.95. The fourth-order valence-corrected chi connectivity index (χ4v) is 6.82. The Balaban J connectivity index is 1.71. The highest BCUT2D eigenvalue weighted by atomic mass is 32.2. The molecule has 1 aromatic heterocycles. The summed E-state index contributed by atoms with van der Waals surface area (Å²) in [7, 11) is -3.97. The molecule has 1 aliphatic heterocycles. The Hall–Kier alpha value is -2.08. The number of hydrogen-bond donors (Lipinski definition) is 0. The van der Waals surface area contributed by atoms with E-state index in [1.165, 1.54) is 35.6 Å². The molecule has 11 heteroatoms. The molecule has 4 rings (SSSR count). The number of aromatic nitrogens is 1. The van der Waals surface area contributed by atoms with Gasteiger partial charge < -0.3 is 4.57 Å². The number of amides is 1. The molecule has 0 aliphatic carbocycles. The van der Waals surface area contributed by atoms with E-state index in [1.807, 2.05) is 10.8 Å². The zero-order valence-corrected chi connectivity index (χ0v) is 19.7. The van der Waals surface area contributed by atoms with Gasteiger partial charge >= 0.3 is 0 Å². The maximum absolute atomic E-state index is 13.7. The quantitative estimate of drug-likeness (QED) is 0.522. The second-order valence-corrected chi connectivity index (χ2v) is 11.2. The standard InChI is InChI=1S/C21H21F2N3O3S3/c1-30-12-11-25-17-9-6-15(23)13-19(17)31-21(25)24-20(27)18-3-2-10-26(18)32(28,29)16-7-4-14(22)5-8-16/h4-9,13,18H,2-3,10-12H2,1H3. The third-order valence-corrected chi connectivity index (χ3v) is 8.83. The van der Waals surface area contributed by atoms with Crippen LogP contribution in [-0.4, -0.2) is 47.8 Å². The molecular formula is C21H21F2N3O3S3. The van der Waals surface area contributed by atoms with Crippen molar-refractivity contribution in [3.63, 3.8) is 0 Å². The zero-order chi connectivity index (χ0) is 22.9. The van der Waals surface area contributed by atoms with Crippen molar-refractivity contribution in [1.29, 1.82) is 0 Å². The van der Waals surface area contributed by atoms with Crippen molar-refractivity contribution >= 4 is 49.2 Å². The summed E-state index contributed by atoms with van der Waals surface area (Å²) in [5, 5.41) is 0. The Morgan fingerprint density at radius 1 is 1.19 bits per heavy atom. The van der Waals surface area contributed by atoms with Gasteiger partial charge in [-0.1, -0.05) is 11.3 Å². The average Bonchev–Trinajstić information content (AvgIpc) is 3.37. The molecule has 1 saturated heterocycles. The molecule has 0 saturated carbocycles. The number of benzene rings is 2. The molecule has 170 valence electrons. The minimum atomic E-state index is -3.97. The van der Waals surface area contributed by atoms with E-state index in [0.29, 0.717) is 28.9 Å². The van der Waals surface area contributed by atoms with Gasteiger partial charge in [0.1, 0.15) is 17.7 Å². The van der Waals surface area contributed by atoms with E-state index in [2.05, 4.69) is 4.99 Å². The first kappa shape index (κ1) is 23.1. The number of halogens is 2. The molecule has 2 heterocycles. The van der Waals surface area contributed by atoms with Gasteiger partial charge in [-0.05, 0) is 61.6 Å². The molecular weight excluding hydrogens is 476 g/mol. The number of fused-ring (bicyclic) bond motifs is 1. The van der Waals surface area contributed by atoms with Gasteiger partial charge in [0, 0.05) is 18.8 Å². The third kappa shape index (κ3) is 4.52. The summed E-state index contributed by atoms with van der Waals surface area (Å²) < 4.78 is 56.7. The molecule has 0 N–H and O–H groups in total. The molecule has 1 fully saturated rings. The Bertz CT molecular complexity index is 1320. The summed E-state index contributed by atoms with van der Waals surface area (Å²) in [4.78, 5) is 17.7. The summed E-state index contributed by atoms with van der Waals surface area (Å²) in [5.74, 6) is -0.692. The monoisotopic (exact) mass is 497 g/mol. The molecule has 3 aromatic rings. The lowest BCUT2D eigenvalue weighted by atomic mass is 10.2. The van der Waals surface area contributed by atoms with Crippen LogP contribution in [0.1, 0.15) is 12.8 Å². The van der Waals surface area contributed by atoms with Gasteiger partial charge in [0.05, 0.1) is 15.1 Å². The van der Waals surface area contributed by atoms with Gasteiger partial charge in [-0.3, -0.25) is 4.79 Å². The molecule has 1 amide bonds. The fraction of sp³-hybridized carbons (Fsp3) is 0.333. The van der Waals surface area contributed by atoms with Gasteiger partial charge in [-0.25, -0.2) is 17.2 Å². The first-order valence-corrected chi connectivity index (χ1v) is 13.6. The molecule has 2 aromatic carbocycles. The van der Waals surface area contributed by atoms with Gasteiger partial charge in [0.2, 0.25) is 10.0 Å². The van der Waals surface area contributed by atoms with Gasteiger partial charge in [-0.2, -0.15) is 21.1 Å². The van der Waals surface area contributed by atoms with Crippen molar-refractivity contribution in [1.82, 2.24) is 8.87 Å². The van der Waals surface area contributed by atoms with Gasteiger partial charge in [0.15, 0.2) is 4.80 Å². The Morgan fingerprint density at radius 3 is 2.62 bits per heavy atom. The van der Waals surface area contributed by atoms with E-state index in [1.54, 1.807) is 17.8 Å². The Kier molecular flexibility index (Phi) is 6.80. The second kappa shape index (κ2) is 9.42. The van der Waals surface area contributed by atoms with Crippen molar-refractivity contribution < 1.29 is 22.0 Å². The third-order valence-electron chi connectivity index (χ3n) is 5.28. The van der Waals surface area contributed by atoms with E-state index < -0.39 is 27.8 Å². The molecule has 6 nitrogen and oxygen atoms in total. The Labute approximate surface area is 192 Å². The van der Waals surface area contributed by atoms with Crippen LogP contribution in [0.2, 0.25) is 0 Å². The summed E-state index contributed by atoms with van der Waals surface area (Å²) in [6.45, 7) is 0.775. The highest BCUT2D eigenvalue weighted by molar-refractivity contribution is 7.98. The molecule has 0 bridgehead atoms. The number of rotatable bonds is 6. The van der Waals surface area contributed by atoms with Gasteiger partial charge in [-0.15, -0.1) is 0 Å². The van der Waals surface area contributed by atoms with Crippen molar-refractivity contribution in [3.8, 4) is 0 Å². The highest BCUT2D eigenvalue weighted by Gasteiger charge is 2.39. The predicted molar refractivity (Wildman–Crippen MR) is 122 cm³/mol. The fourth-order valence-electron chi connectivity index (χ4n) is 3.72. The van der Waals surface area contributed by atoms with Crippen LogP contribution in [0.25, 0.3) is 10.2 Å². The van der Waals surface area contributed by atoms with Crippen molar-refractivity contribution in [2.75, 3.05) is 18.6 Å². The summed E-state index contributed by atoms with van der Waals surface area (Å²) in [6, 6.07) is 8.04. The van der Waals surface area contributed by atoms with Crippen LogP contribution in [0.15, 0.2) is 52.4 Å². The lowest BCUT2D eigenvalue weighted by Gasteiger charge is -2.21. The van der Waals surface area contributed by atoms with Crippen LogP contribution in [0, 0.1) is 11.6 Å². The van der Waals surface area contributed by atoms with Gasteiger partial charge in [0.25, 0.3) is 5.91 Å². The smallest absolute Gasteiger partial charge is 0.266 e. The summed E-state index contributed by atoms with van der Waals surface area (Å²) >= 11 is 2.83. The molecule has 1 atom stereocenters. The molecule has 1 aliphatic rings. The molecule has 1 unspecified atom stereocenters. The lowest BCUT2D eigenvalue weighted by molar-refractivity contribution is -0.121. The summed E-state index contributed by atoms with van der Waals surface area (Å²) in [6.07, 6.45) is 2.84. The number of hydrogen-bond acceptors (Lipinski definition) is 5. The lowest BCUT2D eigenvalue weighted by Crippen LogP contribution is -2.40. The number of thiazole rings is 1. The average molecular weight is 498 g/mol. The number of aryl methyl sites for hydroxylation is 1. The van der Waals surface area contributed by atoms with Crippen molar-refractivity contribution in [2.45, 2.75) is 30.3 Å². The van der Waals surface area contributed by atoms with Crippen LogP contribution >= 0.6 is 23.1 Å².